The van der Waals surface area contributed by atoms with E-state index in [4.69, 9.17) is 10.5 Å². The van der Waals surface area contributed by atoms with E-state index >= 15 is 0 Å². The van der Waals surface area contributed by atoms with Gasteiger partial charge in [-0.3, -0.25) is 0 Å². The highest BCUT2D eigenvalue weighted by atomic mass is 32.2. The molecule has 18 heavy (non-hydrogen) atoms. The molecule has 0 aliphatic carbocycles. The Morgan fingerprint density at radius 1 is 1.28 bits per heavy atom. The first kappa shape index (κ1) is 13.4. The van der Waals surface area contributed by atoms with E-state index in [1.807, 2.05) is 30.3 Å². The SMILES string of the molecule is NCC1(CCOc2ccccc2)CCS(=O)(=O)C1. The van der Waals surface area contributed by atoms with Gasteiger partial charge in [0.25, 0.3) is 0 Å². The van der Waals surface area contributed by atoms with Crippen LogP contribution in [0.5, 0.6) is 5.75 Å². The van der Waals surface area contributed by atoms with E-state index in [-0.39, 0.29) is 16.9 Å². The van der Waals surface area contributed by atoms with Crippen LogP contribution in [0.25, 0.3) is 0 Å². The second kappa shape index (κ2) is 5.28. The minimum absolute atomic E-state index is 0.203. The molecule has 0 saturated carbocycles. The fraction of sp³-hybridized carbons (Fsp3) is 0.538. The minimum atomic E-state index is -2.90. The third-order valence-electron chi connectivity index (χ3n) is 3.55. The molecule has 1 fully saturated rings. The van der Waals surface area contributed by atoms with Gasteiger partial charge in [-0.2, -0.15) is 0 Å². The van der Waals surface area contributed by atoms with Gasteiger partial charge in [-0.25, -0.2) is 8.42 Å². The molecule has 1 aromatic carbocycles. The zero-order valence-electron chi connectivity index (χ0n) is 10.3. The molecule has 1 aliphatic heterocycles. The topological polar surface area (TPSA) is 69.4 Å². The molecule has 1 aromatic rings. The summed E-state index contributed by atoms with van der Waals surface area (Å²) < 4.78 is 28.7. The quantitative estimate of drug-likeness (QED) is 0.872. The van der Waals surface area contributed by atoms with Crippen LogP contribution >= 0.6 is 0 Å². The van der Waals surface area contributed by atoms with Crippen molar-refractivity contribution in [2.75, 3.05) is 24.7 Å². The first-order valence-corrected chi connectivity index (χ1v) is 7.96. The molecular weight excluding hydrogens is 250 g/mol. The lowest BCUT2D eigenvalue weighted by Gasteiger charge is -2.25. The number of para-hydroxylation sites is 1. The van der Waals surface area contributed by atoms with Crippen molar-refractivity contribution in [2.45, 2.75) is 12.8 Å². The van der Waals surface area contributed by atoms with Crippen LogP contribution in [0.2, 0.25) is 0 Å². The maximum Gasteiger partial charge on any atom is 0.150 e. The fourth-order valence-electron chi connectivity index (χ4n) is 2.35. The molecule has 2 rings (SSSR count). The highest BCUT2D eigenvalue weighted by Gasteiger charge is 2.40. The number of nitrogens with two attached hydrogens (primary N) is 1. The lowest BCUT2D eigenvalue weighted by molar-refractivity contribution is 0.222. The lowest BCUT2D eigenvalue weighted by Crippen LogP contribution is -2.33. The van der Waals surface area contributed by atoms with Crippen molar-refractivity contribution >= 4 is 9.84 Å². The van der Waals surface area contributed by atoms with E-state index in [9.17, 15) is 8.42 Å². The maximum absolute atomic E-state index is 11.5. The summed E-state index contributed by atoms with van der Waals surface area (Å²) in [6, 6.07) is 9.53. The summed E-state index contributed by atoms with van der Waals surface area (Å²) in [6.07, 6.45) is 1.35. The molecule has 1 unspecified atom stereocenters. The summed E-state index contributed by atoms with van der Waals surface area (Å²) in [5.41, 5.74) is 5.47. The average molecular weight is 269 g/mol. The highest BCUT2D eigenvalue weighted by Crippen LogP contribution is 2.34. The van der Waals surface area contributed by atoms with E-state index in [0.717, 1.165) is 5.75 Å². The number of rotatable bonds is 5. The number of sulfone groups is 1. The van der Waals surface area contributed by atoms with Gasteiger partial charge in [0.05, 0.1) is 18.1 Å². The molecule has 0 radical (unpaired) electrons. The molecule has 1 saturated heterocycles. The van der Waals surface area contributed by atoms with Crippen molar-refractivity contribution in [3.05, 3.63) is 30.3 Å². The van der Waals surface area contributed by atoms with Gasteiger partial charge in [-0.1, -0.05) is 18.2 Å². The van der Waals surface area contributed by atoms with Crippen LogP contribution < -0.4 is 10.5 Å². The second-order valence-corrected chi connectivity index (χ2v) is 7.14. The summed E-state index contributed by atoms with van der Waals surface area (Å²) >= 11 is 0. The van der Waals surface area contributed by atoms with Gasteiger partial charge in [0.1, 0.15) is 5.75 Å². The molecule has 5 heteroatoms. The van der Waals surface area contributed by atoms with Gasteiger partial charge in [0.2, 0.25) is 0 Å². The zero-order valence-corrected chi connectivity index (χ0v) is 11.2. The molecule has 2 N–H and O–H groups in total. The molecule has 1 aliphatic rings. The summed E-state index contributed by atoms with van der Waals surface area (Å²) in [6.45, 7) is 0.918. The van der Waals surface area contributed by atoms with Crippen LogP contribution in [0.15, 0.2) is 30.3 Å². The molecule has 0 aromatic heterocycles. The van der Waals surface area contributed by atoms with Gasteiger partial charge >= 0.3 is 0 Å². The number of hydrogen-bond acceptors (Lipinski definition) is 4. The van der Waals surface area contributed by atoms with Crippen LogP contribution in [-0.4, -0.2) is 33.1 Å². The Hall–Kier alpha value is -1.07. The third-order valence-corrected chi connectivity index (χ3v) is 5.43. The standard InChI is InChI=1S/C13H19NO3S/c14-10-13(7-9-18(15,16)11-13)6-8-17-12-4-2-1-3-5-12/h1-5H,6-11,14H2. The summed E-state index contributed by atoms with van der Waals surface area (Å²) in [4.78, 5) is 0. The molecule has 1 atom stereocenters. The second-order valence-electron chi connectivity index (χ2n) is 4.96. The number of ether oxygens (including phenoxy) is 1. The Kier molecular flexibility index (Phi) is 3.92. The van der Waals surface area contributed by atoms with Crippen molar-refractivity contribution in [1.82, 2.24) is 0 Å². The van der Waals surface area contributed by atoms with Crippen LogP contribution in [0, 0.1) is 5.41 Å². The highest BCUT2D eigenvalue weighted by molar-refractivity contribution is 7.91. The summed E-state index contributed by atoms with van der Waals surface area (Å²) in [5, 5.41) is 0. The number of hydrogen-bond donors (Lipinski definition) is 1. The predicted molar refractivity (Wildman–Crippen MR) is 71.3 cm³/mol. The third kappa shape index (κ3) is 3.23. The van der Waals surface area contributed by atoms with Crippen molar-refractivity contribution in [3.63, 3.8) is 0 Å². The van der Waals surface area contributed by atoms with Crippen LogP contribution in [0.1, 0.15) is 12.8 Å². The molecular formula is C13H19NO3S. The van der Waals surface area contributed by atoms with Crippen molar-refractivity contribution in [2.24, 2.45) is 11.1 Å². The van der Waals surface area contributed by atoms with Crippen molar-refractivity contribution in [3.8, 4) is 5.75 Å². The van der Waals surface area contributed by atoms with Gasteiger partial charge < -0.3 is 10.5 Å². The van der Waals surface area contributed by atoms with E-state index in [1.54, 1.807) is 0 Å². The first-order chi connectivity index (χ1) is 8.55. The molecule has 0 bridgehead atoms. The molecule has 100 valence electrons. The first-order valence-electron chi connectivity index (χ1n) is 6.14. The molecule has 1 heterocycles. The maximum atomic E-state index is 11.5. The largest absolute Gasteiger partial charge is 0.494 e. The monoisotopic (exact) mass is 269 g/mol. The van der Waals surface area contributed by atoms with E-state index in [0.29, 0.717) is 26.0 Å². The summed E-state index contributed by atoms with van der Waals surface area (Å²) in [7, 11) is -2.90. The van der Waals surface area contributed by atoms with Gasteiger partial charge in [-0.15, -0.1) is 0 Å². The van der Waals surface area contributed by atoms with Crippen molar-refractivity contribution in [1.29, 1.82) is 0 Å². The van der Waals surface area contributed by atoms with Crippen LogP contribution in [-0.2, 0) is 9.84 Å². The van der Waals surface area contributed by atoms with Crippen LogP contribution in [0.3, 0.4) is 0 Å². The van der Waals surface area contributed by atoms with E-state index in [1.165, 1.54) is 0 Å². The van der Waals surface area contributed by atoms with Crippen molar-refractivity contribution < 1.29 is 13.2 Å². The Bertz CT molecular complexity index is 486. The Labute approximate surface area is 108 Å². The Morgan fingerprint density at radius 2 is 2.00 bits per heavy atom. The van der Waals surface area contributed by atoms with Gasteiger partial charge in [0, 0.05) is 5.41 Å². The van der Waals surface area contributed by atoms with Gasteiger partial charge in [0.15, 0.2) is 9.84 Å². The predicted octanol–water partition coefficient (Wildman–Crippen LogP) is 1.22. The number of benzene rings is 1. The van der Waals surface area contributed by atoms with Gasteiger partial charge in [-0.05, 0) is 31.5 Å². The fourth-order valence-corrected chi connectivity index (χ4v) is 4.57. The normalized spacial score (nSPS) is 26.1. The lowest BCUT2D eigenvalue weighted by atomic mass is 9.84. The molecule has 0 amide bonds. The van der Waals surface area contributed by atoms with E-state index in [2.05, 4.69) is 0 Å². The molecule has 0 spiro atoms. The molecule has 4 nitrogen and oxygen atoms in total. The zero-order chi connectivity index (χ0) is 13.1. The van der Waals surface area contributed by atoms with E-state index < -0.39 is 9.84 Å². The van der Waals surface area contributed by atoms with Crippen LogP contribution in [0.4, 0.5) is 0 Å². The summed E-state index contributed by atoms with van der Waals surface area (Å²) in [5.74, 6) is 1.27. The minimum Gasteiger partial charge on any atom is -0.494 e. The smallest absolute Gasteiger partial charge is 0.150 e. The Balaban J connectivity index is 1.89. The average Bonchev–Trinajstić information content (AvgIpc) is 2.67. The Morgan fingerprint density at radius 3 is 2.56 bits per heavy atom.